The van der Waals surface area contributed by atoms with Crippen molar-refractivity contribution in [3.63, 3.8) is 0 Å². The minimum absolute atomic E-state index is 0.481. The van der Waals surface area contributed by atoms with E-state index in [0.717, 1.165) is 12.1 Å². The normalized spacial score (nSPS) is 13.5. The van der Waals surface area contributed by atoms with Gasteiger partial charge in [0.05, 0.1) is 5.56 Å². The van der Waals surface area contributed by atoms with Crippen LogP contribution in [0.1, 0.15) is 34.3 Å². The van der Waals surface area contributed by atoms with Crippen LogP contribution in [0, 0.1) is 13.8 Å². The molecule has 0 spiro atoms. The summed E-state index contributed by atoms with van der Waals surface area (Å²) in [4.78, 5) is 0. The molecule has 3 N–H and O–H groups in total. The fraction of sp³-hybridized carbons (Fsp3) is 0.286. The van der Waals surface area contributed by atoms with Crippen LogP contribution in [0.2, 0.25) is 0 Å². The number of rotatable bonds is 3. The Morgan fingerprint density at radius 1 is 1.15 bits per heavy atom. The number of hydrazine groups is 1. The van der Waals surface area contributed by atoms with E-state index in [1.54, 1.807) is 26.0 Å². The van der Waals surface area contributed by atoms with Crippen LogP contribution in [0.4, 0.5) is 13.2 Å². The van der Waals surface area contributed by atoms with Crippen molar-refractivity contribution in [3.8, 4) is 0 Å². The number of hydrogen-bond donors (Lipinski definition) is 2. The first kappa shape index (κ1) is 14.6. The van der Waals surface area contributed by atoms with Gasteiger partial charge < -0.3 is 4.42 Å². The summed E-state index contributed by atoms with van der Waals surface area (Å²) in [5.74, 6) is 6.78. The molecule has 3 nitrogen and oxygen atoms in total. The molecule has 0 fully saturated rings. The van der Waals surface area contributed by atoms with Crippen LogP contribution in [-0.4, -0.2) is 0 Å². The summed E-state index contributed by atoms with van der Waals surface area (Å²) in [5.41, 5.74) is 3.04. The monoisotopic (exact) mass is 284 g/mol. The molecular weight excluding hydrogens is 269 g/mol. The Bertz CT molecular complexity index is 605. The van der Waals surface area contributed by atoms with Crippen LogP contribution in [0.3, 0.4) is 0 Å². The molecule has 0 aliphatic rings. The van der Waals surface area contributed by atoms with Crippen LogP contribution in [0.15, 0.2) is 34.7 Å². The van der Waals surface area contributed by atoms with Gasteiger partial charge in [-0.05, 0) is 49.2 Å². The molecule has 1 aromatic heterocycles. The SMILES string of the molecule is Cc1ccc(C(NN)c2ccc(C(F)(F)F)cc2C)o1. The van der Waals surface area contributed by atoms with Crippen molar-refractivity contribution in [3.05, 3.63) is 58.5 Å². The molecular formula is C14H15F3N2O. The predicted octanol–water partition coefficient (Wildman–Crippen LogP) is 3.47. The highest BCUT2D eigenvalue weighted by Gasteiger charge is 2.31. The molecule has 2 aromatic rings. The number of nitrogens with two attached hydrogens (primary N) is 1. The van der Waals surface area contributed by atoms with E-state index in [2.05, 4.69) is 5.43 Å². The third-order valence-electron chi connectivity index (χ3n) is 3.12. The standard InChI is InChI=1S/C14H15F3N2O/c1-8-7-10(14(15,16)17)4-5-11(8)13(19-18)12-6-3-9(2)20-12/h3-7,13,19H,18H2,1-2H3. The fourth-order valence-electron chi connectivity index (χ4n) is 2.11. The molecule has 0 aliphatic carbocycles. The maximum absolute atomic E-state index is 12.7. The van der Waals surface area contributed by atoms with E-state index in [1.807, 2.05) is 0 Å². The van der Waals surface area contributed by atoms with Crippen molar-refractivity contribution < 1.29 is 17.6 Å². The first-order chi connectivity index (χ1) is 9.32. The zero-order chi connectivity index (χ0) is 14.9. The van der Waals surface area contributed by atoms with Crippen LogP contribution in [0.5, 0.6) is 0 Å². The maximum atomic E-state index is 12.7. The van der Waals surface area contributed by atoms with Gasteiger partial charge in [0.1, 0.15) is 17.6 Å². The van der Waals surface area contributed by atoms with Gasteiger partial charge in [0, 0.05) is 0 Å². The van der Waals surface area contributed by atoms with Gasteiger partial charge in [0.25, 0.3) is 0 Å². The van der Waals surface area contributed by atoms with Gasteiger partial charge in [0.2, 0.25) is 0 Å². The summed E-state index contributed by atoms with van der Waals surface area (Å²) >= 11 is 0. The van der Waals surface area contributed by atoms with Gasteiger partial charge in [-0.3, -0.25) is 5.84 Å². The Hall–Kier alpha value is -1.79. The van der Waals surface area contributed by atoms with Gasteiger partial charge in [-0.1, -0.05) is 6.07 Å². The molecule has 1 aromatic carbocycles. The quantitative estimate of drug-likeness (QED) is 0.670. The molecule has 108 valence electrons. The van der Waals surface area contributed by atoms with Crippen LogP contribution < -0.4 is 11.3 Å². The fourth-order valence-corrected chi connectivity index (χ4v) is 2.11. The molecule has 0 bridgehead atoms. The summed E-state index contributed by atoms with van der Waals surface area (Å²) in [7, 11) is 0. The number of furan rings is 1. The molecule has 1 atom stereocenters. The lowest BCUT2D eigenvalue weighted by molar-refractivity contribution is -0.137. The van der Waals surface area contributed by atoms with Crippen molar-refractivity contribution in [2.45, 2.75) is 26.1 Å². The van der Waals surface area contributed by atoms with Crippen LogP contribution in [-0.2, 0) is 6.18 Å². The second-order valence-corrected chi connectivity index (χ2v) is 4.62. The third kappa shape index (κ3) is 2.86. The highest BCUT2D eigenvalue weighted by Crippen LogP contribution is 2.33. The van der Waals surface area contributed by atoms with Crippen molar-refractivity contribution in [1.82, 2.24) is 5.43 Å². The zero-order valence-corrected chi connectivity index (χ0v) is 11.1. The molecule has 20 heavy (non-hydrogen) atoms. The lowest BCUT2D eigenvalue weighted by Gasteiger charge is -2.18. The second-order valence-electron chi connectivity index (χ2n) is 4.62. The number of benzene rings is 1. The lowest BCUT2D eigenvalue weighted by Crippen LogP contribution is -2.29. The number of alkyl halides is 3. The van der Waals surface area contributed by atoms with E-state index < -0.39 is 17.8 Å². The molecule has 1 unspecified atom stereocenters. The molecule has 0 saturated carbocycles. The van der Waals surface area contributed by atoms with Crippen molar-refractivity contribution in [2.75, 3.05) is 0 Å². The van der Waals surface area contributed by atoms with Crippen LogP contribution in [0.25, 0.3) is 0 Å². The molecule has 0 radical (unpaired) electrons. The third-order valence-corrected chi connectivity index (χ3v) is 3.12. The largest absolute Gasteiger partial charge is 0.464 e. The van der Waals surface area contributed by atoms with E-state index in [1.165, 1.54) is 6.07 Å². The minimum atomic E-state index is -4.35. The lowest BCUT2D eigenvalue weighted by atomic mass is 9.97. The summed E-state index contributed by atoms with van der Waals surface area (Å²) in [6.07, 6.45) is -4.35. The highest BCUT2D eigenvalue weighted by molar-refractivity contribution is 5.37. The summed E-state index contributed by atoms with van der Waals surface area (Å²) in [6, 6.07) is 6.61. The second kappa shape index (κ2) is 5.30. The Labute approximate surface area is 114 Å². The minimum Gasteiger partial charge on any atom is -0.464 e. The maximum Gasteiger partial charge on any atom is 0.416 e. The Morgan fingerprint density at radius 3 is 2.30 bits per heavy atom. The van der Waals surface area contributed by atoms with Crippen molar-refractivity contribution >= 4 is 0 Å². The van der Waals surface area contributed by atoms with Gasteiger partial charge in [-0.25, -0.2) is 5.43 Å². The summed E-state index contributed by atoms with van der Waals surface area (Å²) in [6.45, 7) is 3.40. The average Bonchev–Trinajstić information content (AvgIpc) is 2.77. The first-order valence-corrected chi connectivity index (χ1v) is 6.03. The summed E-state index contributed by atoms with van der Waals surface area (Å²) in [5, 5.41) is 0. The molecule has 0 saturated heterocycles. The van der Waals surface area contributed by atoms with E-state index in [9.17, 15) is 13.2 Å². The van der Waals surface area contributed by atoms with Crippen molar-refractivity contribution in [2.24, 2.45) is 5.84 Å². The Balaban J connectivity index is 2.41. The Kier molecular flexibility index (Phi) is 3.87. The Morgan fingerprint density at radius 2 is 1.85 bits per heavy atom. The van der Waals surface area contributed by atoms with E-state index in [0.29, 0.717) is 22.6 Å². The molecule has 0 amide bonds. The molecule has 0 aliphatic heterocycles. The average molecular weight is 284 g/mol. The van der Waals surface area contributed by atoms with Gasteiger partial charge in [-0.15, -0.1) is 0 Å². The van der Waals surface area contributed by atoms with Crippen LogP contribution >= 0.6 is 0 Å². The van der Waals surface area contributed by atoms with E-state index in [4.69, 9.17) is 10.3 Å². The highest BCUT2D eigenvalue weighted by atomic mass is 19.4. The van der Waals surface area contributed by atoms with E-state index >= 15 is 0 Å². The van der Waals surface area contributed by atoms with Crippen molar-refractivity contribution in [1.29, 1.82) is 0 Å². The van der Waals surface area contributed by atoms with Gasteiger partial charge in [0.15, 0.2) is 0 Å². The van der Waals surface area contributed by atoms with Gasteiger partial charge in [-0.2, -0.15) is 13.2 Å². The van der Waals surface area contributed by atoms with Gasteiger partial charge >= 0.3 is 6.18 Å². The smallest absolute Gasteiger partial charge is 0.416 e. The molecule has 6 heteroatoms. The predicted molar refractivity (Wildman–Crippen MR) is 68.8 cm³/mol. The topological polar surface area (TPSA) is 51.2 Å². The van der Waals surface area contributed by atoms with E-state index in [-0.39, 0.29) is 0 Å². The number of aryl methyl sites for hydroxylation is 2. The molecule has 2 rings (SSSR count). The number of nitrogens with one attached hydrogen (secondary N) is 1. The zero-order valence-electron chi connectivity index (χ0n) is 11.1. The summed E-state index contributed by atoms with van der Waals surface area (Å²) < 4.78 is 43.4. The molecule has 1 heterocycles. The number of halogens is 3. The first-order valence-electron chi connectivity index (χ1n) is 6.03. The number of hydrogen-bond acceptors (Lipinski definition) is 3.